The number of benzene rings is 1. The molecule has 1 saturated carbocycles. The summed E-state index contributed by atoms with van der Waals surface area (Å²) in [4.78, 5) is 9.50. The first-order valence-corrected chi connectivity index (χ1v) is 9.97. The number of ether oxygens (including phenoxy) is 3. The number of fused-ring (bicyclic) bond motifs is 1. The van der Waals surface area contributed by atoms with Gasteiger partial charge in [0.1, 0.15) is 24.9 Å². The molecule has 1 aromatic heterocycles. The minimum Gasteiger partial charge on any atom is -0.486 e. The van der Waals surface area contributed by atoms with Crippen molar-refractivity contribution in [3.05, 3.63) is 41.3 Å². The van der Waals surface area contributed by atoms with Gasteiger partial charge in [0.25, 0.3) is 0 Å². The average Bonchev–Trinajstić information content (AvgIpc) is 3.50. The third-order valence-corrected chi connectivity index (χ3v) is 5.06. The lowest BCUT2D eigenvalue weighted by Gasteiger charge is -2.24. The Kier molecular flexibility index (Phi) is 5.15. The molecule has 6 heteroatoms. The molecule has 1 fully saturated rings. The zero-order valence-electron chi connectivity index (χ0n) is 17.1. The molecular weight excluding hydrogens is 354 g/mol. The molecule has 1 aliphatic heterocycles. The monoisotopic (exact) mass is 383 g/mol. The molecule has 2 heterocycles. The summed E-state index contributed by atoms with van der Waals surface area (Å²) < 4.78 is 16.8. The van der Waals surface area contributed by atoms with E-state index >= 15 is 0 Å². The second kappa shape index (κ2) is 7.59. The van der Waals surface area contributed by atoms with Crippen molar-refractivity contribution in [1.29, 1.82) is 0 Å². The molecule has 28 heavy (non-hydrogen) atoms. The number of methoxy groups -OCH3 is 1. The highest BCUT2D eigenvalue weighted by molar-refractivity contribution is 5.48. The van der Waals surface area contributed by atoms with E-state index in [0.717, 1.165) is 28.8 Å². The highest BCUT2D eigenvalue weighted by Crippen LogP contribution is 2.44. The minimum absolute atomic E-state index is 0.133. The summed E-state index contributed by atoms with van der Waals surface area (Å²) in [5.74, 6) is 3.92. The molecule has 1 aliphatic carbocycles. The largest absolute Gasteiger partial charge is 0.486 e. The predicted octanol–water partition coefficient (Wildman–Crippen LogP) is 4.25. The van der Waals surface area contributed by atoms with Crippen molar-refractivity contribution in [3.8, 4) is 11.5 Å². The molecule has 0 saturated heterocycles. The lowest BCUT2D eigenvalue weighted by atomic mass is 9.95. The van der Waals surface area contributed by atoms with E-state index in [1.54, 1.807) is 7.11 Å². The van der Waals surface area contributed by atoms with Crippen molar-refractivity contribution >= 4 is 5.82 Å². The summed E-state index contributed by atoms with van der Waals surface area (Å²) >= 11 is 0. The normalized spacial score (nSPS) is 17.3. The van der Waals surface area contributed by atoms with Crippen molar-refractivity contribution in [2.24, 2.45) is 5.92 Å². The van der Waals surface area contributed by atoms with Crippen LogP contribution in [-0.4, -0.2) is 30.3 Å². The van der Waals surface area contributed by atoms with E-state index in [2.05, 4.69) is 43.2 Å². The SMILES string of the molecule is COCc1cc(NC(c2ccc3c(c2)OCCO3)C2CC2)nc(C(C)(C)C)n1. The molecule has 1 N–H and O–H groups in total. The summed E-state index contributed by atoms with van der Waals surface area (Å²) in [5.41, 5.74) is 1.96. The Hall–Kier alpha value is -2.34. The third-order valence-electron chi connectivity index (χ3n) is 5.06. The molecule has 1 unspecified atom stereocenters. The average molecular weight is 383 g/mol. The number of hydrogen-bond donors (Lipinski definition) is 1. The molecule has 1 atom stereocenters. The fraction of sp³-hybridized carbons (Fsp3) is 0.545. The quantitative estimate of drug-likeness (QED) is 0.804. The van der Waals surface area contributed by atoms with E-state index in [0.29, 0.717) is 25.7 Å². The number of nitrogens with one attached hydrogen (secondary N) is 1. The van der Waals surface area contributed by atoms with Crippen LogP contribution in [0.4, 0.5) is 5.82 Å². The van der Waals surface area contributed by atoms with E-state index in [1.807, 2.05) is 12.1 Å². The first-order valence-electron chi connectivity index (χ1n) is 9.97. The van der Waals surface area contributed by atoms with E-state index in [4.69, 9.17) is 19.2 Å². The Balaban J connectivity index is 1.64. The van der Waals surface area contributed by atoms with Crippen LogP contribution in [-0.2, 0) is 16.8 Å². The van der Waals surface area contributed by atoms with Crippen molar-refractivity contribution in [3.63, 3.8) is 0 Å². The van der Waals surface area contributed by atoms with Gasteiger partial charge in [0.2, 0.25) is 0 Å². The van der Waals surface area contributed by atoms with E-state index in [-0.39, 0.29) is 11.5 Å². The Morgan fingerprint density at radius 3 is 2.54 bits per heavy atom. The standard InChI is InChI=1S/C22H29N3O3/c1-22(2,3)21-23-16(13-26-4)12-19(25-21)24-20(14-5-6-14)15-7-8-17-18(11-15)28-10-9-27-17/h7-8,11-12,14,20H,5-6,9-10,13H2,1-4H3,(H,23,24,25). The lowest BCUT2D eigenvalue weighted by molar-refractivity contribution is 0.171. The van der Waals surface area contributed by atoms with Crippen LogP contribution < -0.4 is 14.8 Å². The van der Waals surface area contributed by atoms with Gasteiger partial charge in [-0.05, 0) is 36.5 Å². The van der Waals surface area contributed by atoms with E-state index in [1.165, 1.54) is 18.4 Å². The van der Waals surface area contributed by atoms with Crippen LogP contribution in [0.2, 0.25) is 0 Å². The Bertz CT molecular complexity index is 843. The van der Waals surface area contributed by atoms with Gasteiger partial charge in [-0.1, -0.05) is 26.8 Å². The second-order valence-corrected chi connectivity index (χ2v) is 8.61. The summed E-state index contributed by atoms with van der Waals surface area (Å²) in [6.45, 7) is 8.05. The maximum absolute atomic E-state index is 5.78. The Morgan fingerprint density at radius 1 is 1.11 bits per heavy atom. The minimum atomic E-state index is -0.133. The summed E-state index contributed by atoms with van der Waals surface area (Å²) in [7, 11) is 1.69. The smallest absolute Gasteiger partial charge is 0.161 e. The van der Waals surface area contributed by atoms with Gasteiger partial charge in [-0.15, -0.1) is 0 Å². The van der Waals surface area contributed by atoms with Gasteiger partial charge in [-0.25, -0.2) is 9.97 Å². The topological polar surface area (TPSA) is 65.5 Å². The highest BCUT2D eigenvalue weighted by Gasteiger charge is 2.33. The highest BCUT2D eigenvalue weighted by atomic mass is 16.6. The van der Waals surface area contributed by atoms with Gasteiger partial charge >= 0.3 is 0 Å². The van der Waals surface area contributed by atoms with Gasteiger partial charge in [-0.3, -0.25) is 0 Å². The van der Waals surface area contributed by atoms with Crippen LogP contribution >= 0.6 is 0 Å². The van der Waals surface area contributed by atoms with Crippen LogP contribution in [0.1, 0.15) is 56.7 Å². The first kappa shape index (κ1) is 19.0. The van der Waals surface area contributed by atoms with Crippen molar-refractivity contribution in [2.45, 2.75) is 51.7 Å². The maximum atomic E-state index is 5.78. The molecule has 0 amide bonds. The van der Waals surface area contributed by atoms with Gasteiger partial charge < -0.3 is 19.5 Å². The zero-order valence-corrected chi connectivity index (χ0v) is 17.1. The molecule has 0 radical (unpaired) electrons. The van der Waals surface area contributed by atoms with E-state index < -0.39 is 0 Å². The van der Waals surface area contributed by atoms with Gasteiger partial charge in [0.05, 0.1) is 18.3 Å². The van der Waals surface area contributed by atoms with Crippen molar-refractivity contribution < 1.29 is 14.2 Å². The molecule has 4 rings (SSSR count). The number of rotatable bonds is 6. The van der Waals surface area contributed by atoms with Crippen LogP contribution in [0, 0.1) is 5.92 Å². The number of anilines is 1. The number of aromatic nitrogens is 2. The van der Waals surface area contributed by atoms with Crippen LogP contribution in [0.15, 0.2) is 24.3 Å². The fourth-order valence-corrected chi connectivity index (χ4v) is 3.44. The first-order chi connectivity index (χ1) is 13.4. The van der Waals surface area contributed by atoms with Crippen LogP contribution in [0.5, 0.6) is 11.5 Å². The molecule has 2 aromatic rings. The van der Waals surface area contributed by atoms with Gasteiger partial charge in [0.15, 0.2) is 11.5 Å². The molecule has 1 aromatic carbocycles. The number of nitrogens with zero attached hydrogens (tertiary/aromatic N) is 2. The van der Waals surface area contributed by atoms with Crippen molar-refractivity contribution in [2.75, 3.05) is 25.6 Å². The lowest BCUT2D eigenvalue weighted by Crippen LogP contribution is -2.21. The number of hydrogen-bond acceptors (Lipinski definition) is 6. The summed E-state index contributed by atoms with van der Waals surface area (Å²) in [5, 5.41) is 3.67. The Labute approximate surface area is 166 Å². The molecule has 0 spiro atoms. The van der Waals surface area contributed by atoms with Gasteiger partial charge in [0, 0.05) is 18.6 Å². The molecule has 150 valence electrons. The van der Waals surface area contributed by atoms with E-state index in [9.17, 15) is 0 Å². The van der Waals surface area contributed by atoms with Crippen LogP contribution in [0.3, 0.4) is 0 Å². The Morgan fingerprint density at radius 2 is 1.86 bits per heavy atom. The zero-order chi connectivity index (χ0) is 19.7. The molecule has 0 bridgehead atoms. The third kappa shape index (κ3) is 4.22. The molecule has 6 nitrogen and oxygen atoms in total. The summed E-state index contributed by atoms with van der Waals surface area (Å²) in [6, 6.07) is 8.43. The van der Waals surface area contributed by atoms with Crippen LogP contribution in [0.25, 0.3) is 0 Å². The second-order valence-electron chi connectivity index (χ2n) is 8.61. The maximum Gasteiger partial charge on any atom is 0.161 e. The predicted molar refractivity (Wildman–Crippen MR) is 108 cm³/mol. The fourth-order valence-electron chi connectivity index (χ4n) is 3.44. The van der Waals surface area contributed by atoms with Gasteiger partial charge in [-0.2, -0.15) is 0 Å². The molecular formula is C22H29N3O3. The summed E-state index contributed by atoms with van der Waals surface area (Å²) in [6.07, 6.45) is 2.43. The molecule has 2 aliphatic rings. The van der Waals surface area contributed by atoms with Crippen molar-refractivity contribution in [1.82, 2.24) is 9.97 Å².